The molecule has 1 heterocycles. The lowest BCUT2D eigenvalue weighted by Crippen LogP contribution is -2.21. The van der Waals surface area contributed by atoms with E-state index < -0.39 is 0 Å². The summed E-state index contributed by atoms with van der Waals surface area (Å²) in [6.07, 6.45) is 3.40. The van der Waals surface area contributed by atoms with Gasteiger partial charge in [0.05, 0.1) is 16.8 Å². The molecule has 1 aromatic heterocycles. The molecule has 1 atom stereocenters. The molecular weight excluding hydrogens is 275 g/mol. The molecule has 0 saturated heterocycles. The average Bonchev–Trinajstić information content (AvgIpc) is 2.48. The number of rotatable bonds is 5. The molecule has 2 aromatic rings. The Morgan fingerprint density at radius 2 is 2.15 bits per heavy atom. The van der Waals surface area contributed by atoms with E-state index in [2.05, 4.69) is 23.3 Å². The number of halogens is 2. The molecule has 106 valence electrons. The van der Waals surface area contributed by atoms with E-state index in [4.69, 9.17) is 11.6 Å². The van der Waals surface area contributed by atoms with Crippen LogP contribution in [-0.4, -0.2) is 12.0 Å². The predicted molar refractivity (Wildman–Crippen MR) is 80.5 cm³/mol. The molecule has 0 aliphatic heterocycles. The first-order valence-electron chi connectivity index (χ1n) is 6.70. The smallest absolute Gasteiger partial charge is 0.142 e. The highest BCUT2D eigenvalue weighted by Crippen LogP contribution is 2.22. The van der Waals surface area contributed by atoms with Crippen LogP contribution in [0.15, 0.2) is 36.5 Å². The van der Waals surface area contributed by atoms with Gasteiger partial charge in [-0.2, -0.15) is 0 Å². The van der Waals surface area contributed by atoms with E-state index in [1.165, 1.54) is 11.6 Å². The zero-order valence-corrected chi connectivity index (χ0v) is 12.4. The molecule has 2 rings (SSSR count). The molecule has 0 fully saturated rings. The number of nitrogens with zero attached hydrogens (tertiary/aromatic N) is 1. The molecule has 0 bridgehead atoms. The SMILES string of the molecule is CCc1cccnc1C(Cc1ccc(Cl)c(F)c1)NC. The van der Waals surface area contributed by atoms with E-state index in [9.17, 15) is 4.39 Å². The van der Waals surface area contributed by atoms with Crippen LogP contribution in [0.25, 0.3) is 0 Å². The summed E-state index contributed by atoms with van der Waals surface area (Å²) in [7, 11) is 1.89. The number of aryl methyl sites for hydroxylation is 1. The first kappa shape index (κ1) is 14.9. The molecule has 0 radical (unpaired) electrons. The van der Waals surface area contributed by atoms with Gasteiger partial charge in [0.15, 0.2) is 0 Å². The second-order valence-corrected chi connectivity index (χ2v) is 5.10. The Morgan fingerprint density at radius 3 is 2.80 bits per heavy atom. The first-order chi connectivity index (χ1) is 9.65. The van der Waals surface area contributed by atoms with Gasteiger partial charge in [-0.15, -0.1) is 0 Å². The summed E-state index contributed by atoms with van der Waals surface area (Å²) in [6.45, 7) is 2.11. The van der Waals surface area contributed by atoms with Crippen molar-refractivity contribution in [3.8, 4) is 0 Å². The van der Waals surface area contributed by atoms with Crippen molar-refractivity contribution in [2.75, 3.05) is 7.05 Å². The van der Waals surface area contributed by atoms with Crippen molar-refractivity contribution in [2.45, 2.75) is 25.8 Å². The topological polar surface area (TPSA) is 24.9 Å². The van der Waals surface area contributed by atoms with Crippen molar-refractivity contribution in [1.29, 1.82) is 0 Å². The maximum Gasteiger partial charge on any atom is 0.142 e. The molecule has 2 nitrogen and oxygen atoms in total. The van der Waals surface area contributed by atoms with Crippen LogP contribution in [0.2, 0.25) is 5.02 Å². The third-order valence-corrected chi connectivity index (χ3v) is 3.72. The Labute approximate surface area is 124 Å². The fourth-order valence-corrected chi connectivity index (χ4v) is 2.42. The Kier molecular flexibility index (Phi) is 5.10. The van der Waals surface area contributed by atoms with Crippen molar-refractivity contribution in [1.82, 2.24) is 10.3 Å². The molecule has 0 aliphatic carbocycles. The van der Waals surface area contributed by atoms with Crippen LogP contribution >= 0.6 is 11.6 Å². The lowest BCUT2D eigenvalue weighted by Gasteiger charge is -2.18. The van der Waals surface area contributed by atoms with Crippen molar-refractivity contribution in [3.63, 3.8) is 0 Å². The Morgan fingerprint density at radius 1 is 1.35 bits per heavy atom. The number of hydrogen-bond acceptors (Lipinski definition) is 2. The zero-order valence-electron chi connectivity index (χ0n) is 11.7. The van der Waals surface area contributed by atoms with Gasteiger partial charge in [-0.25, -0.2) is 4.39 Å². The average molecular weight is 293 g/mol. The molecule has 1 N–H and O–H groups in total. The highest BCUT2D eigenvalue weighted by Gasteiger charge is 2.15. The summed E-state index contributed by atoms with van der Waals surface area (Å²) in [4.78, 5) is 4.47. The summed E-state index contributed by atoms with van der Waals surface area (Å²) < 4.78 is 13.5. The monoisotopic (exact) mass is 292 g/mol. The van der Waals surface area contributed by atoms with E-state index in [1.807, 2.05) is 19.2 Å². The van der Waals surface area contributed by atoms with Gasteiger partial charge in [0, 0.05) is 6.20 Å². The van der Waals surface area contributed by atoms with E-state index in [0.717, 1.165) is 17.7 Å². The minimum atomic E-state index is -0.379. The van der Waals surface area contributed by atoms with Crippen LogP contribution in [0.5, 0.6) is 0 Å². The van der Waals surface area contributed by atoms with Crippen molar-refractivity contribution in [2.24, 2.45) is 0 Å². The van der Waals surface area contributed by atoms with Crippen LogP contribution in [0.4, 0.5) is 4.39 Å². The molecule has 0 aliphatic rings. The van der Waals surface area contributed by atoms with E-state index in [1.54, 1.807) is 12.3 Å². The fourth-order valence-electron chi connectivity index (χ4n) is 2.30. The van der Waals surface area contributed by atoms with Gasteiger partial charge in [0.25, 0.3) is 0 Å². The molecule has 20 heavy (non-hydrogen) atoms. The predicted octanol–water partition coefficient (Wildman–Crippen LogP) is 3.94. The first-order valence-corrected chi connectivity index (χ1v) is 7.08. The molecule has 0 amide bonds. The van der Waals surface area contributed by atoms with Crippen molar-refractivity contribution < 1.29 is 4.39 Å². The van der Waals surface area contributed by atoms with Gasteiger partial charge < -0.3 is 5.32 Å². The Hall–Kier alpha value is -1.45. The minimum Gasteiger partial charge on any atom is -0.311 e. The lowest BCUT2D eigenvalue weighted by atomic mass is 9.98. The van der Waals surface area contributed by atoms with Crippen LogP contribution < -0.4 is 5.32 Å². The number of likely N-dealkylation sites (N-methyl/N-ethyl adjacent to an activating group) is 1. The number of benzene rings is 1. The minimum absolute atomic E-state index is 0.0618. The summed E-state index contributed by atoms with van der Waals surface area (Å²) in [6, 6.07) is 9.02. The number of hydrogen-bond donors (Lipinski definition) is 1. The van der Waals surface area contributed by atoms with Crippen LogP contribution in [0.3, 0.4) is 0 Å². The van der Waals surface area contributed by atoms with E-state index in [-0.39, 0.29) is 16.9 Å². The van der Waals surface area contributed by atoms with Crippen LogP contribution in [0, 0.1) is 5.82 Å². The van der Waals surface area contributed by atoms with E-state index >= 15 is 0 Å². The number of aromatic nitrogens is 1. The fraction of sp³-hybridized carbons (Fsp3) is 0.312. The normalized spacial score (nSPS) is 12.4. The summed E-state index contributed by atoms with van der Waals surface area (Å²) in [5.74, 6) is -0.379. The highest BCUT2D eigenvalue weighted by molar-refractivity contribution is 6.30. The molecular formula is C16H18ClFN2. The third-order valence-electron chi connectivity index (χ3n) is 3.41. The van der Waals surface area contributed by atoms with Gasteiger partial charge >= 0.3 is 0 Å². The van der Waals surface area contributed by atoms with E-state index in [0.29, 0.717) is 6.42 Å². The van der Waals surface area contributed by atoms with Gasteiger partial charge in [0.1, 0.15) is 5.82 Å². The largest absolute Gasteiger partial charge is 0.311 e. The second kappa shape index (κ2) is 6.82. The summed E-state index contributed by atoms with van der Waals surface area (Å²) >= 11 is 5.71. The number of nitrogens with one attached hydrogen (secondary N) is 1. The van der Waals surface area contributed by atoms with Gasteiger partial charge in [-0.1, -0.05) is 30.7 Å². The second-order valence-electron chi connectivity index (χ2n) is 4.70. The zero-order chi connectivity index (χ0) is 14.5. The standard InChI is InChI=1S/C16H18ClFN2/c1-3-12-5-4-8-20-16(12)15(19-2)10-11-6-7-13(17)14(18)9-11/h4-9,15,19H,3,10H2,1-2H3. The van der Waals surface area contributed by atoms with Crippen LogP contribution in [-0.2, 0) is 12.8 Å². The highest BCUT2D eigenvalue weighted by atomic mass is 35.5. The Balaban J connectivity index is 2.26. The maximum atomic E-state index is 13.5. The molecule has 1 unspecified atom stereocenters. The van der Waals surface area contributed by atoms with Gasteiger partial charge in [-0.05, 0) is 49.2 Å². The summed E-state index contributed by atoms with van der Waals surface area (Å²) in [5.41, 5.74) is 3.13. The molecule has 4 heteroatoms. The molecule has 1 aromatic carbocycles. The molecule has 0 spiro atoms. The quantitative estimate of drug-likeness (QED) is 0.903. The third kappa shape index (κ3) is 3.35. The van der Waals surface area contributed by atoms with Crippen molar-refractivity contribution >= 4 is 11.6 Å². The maximum absolute atomic E-state index is 13.5. The van der Waals surface area contributed by atoms with Crippen LogP contribution in [0.1, 0.15) is 29.8 Å². The van der Waals surface area contributed by atoms with Gasteiger partial charge in [-0.3, -0.25) is 4.98 Å². The molecule has 0 saturated carbocycles. The Bertz CT molecular complexity index is 586. The van der Waals surface area contributed by atoms with Gasteiger partial charge in [0.2, 0.25) is 0 Å². The lowest BCUT2D eigenvalue weighted by molar-refractivity contribution is 0.565. The number of pyridine rings is 1. The summed E-state index contributed by atoms with van der Waals surface area (Å²) in [5, 5.41) is 3.41. The van der Waals surface area contributed by atoms with Crippen molar-refractivity contribution in [3.05, 3.63) is 64.2 Å².